The average Bonchev–Trinajstić information content (AvgIpc) is 2.92. The summed E-state index contributed by atoms with van der Waals surface area (Å²) >= 11 is 1.68. The molecular formula is C17H17N3S. The maximum absolute atomic E-state index is 4.74. The summed E-state index contributed by atoms with van der Waals surface area (Å²) in [7, 11) is 1.94. The van der Waals surface area contributed by atoms with Gasteiger partial charge in [-0.15, -0.1) is 0 Å². The van der Waals surface area contributed by atoms with Gasteiger partial charge >= 0.3 is 0 Å². The fourth-order valence-electron chi connectivity index (χ4n) is 2.12. The summed E-state index contributed by atoms with van der Waals surface area (Å²) in [6.07, 6.45) is 2.09. The van der Waals surface area contributed by atoms with E-state index in [1.165, 1.54) is 4.90 Å². The molecule has 1 heterocycles. The third-order valence-electron chi connectivity index (χ3n) is 3.07. The van der Waals surface area contributed by atoms with Crippen molar-refractivity contribution in [3.8, 4) is 5.69 Å². The van der Waals surface area contributed by atoms with E-state index in [1.54, 1.807) is 11.8 Å². The number of para-hydroxylation sites is 1. The molecule has 0 radical (unpaired) electrons. The third kappa shape index (κ3) is 3.35. The van der Waals surface area contributed by atoms with E-state index >= 15 is 0 Å². The SMILES string of the molecule is CNCc1cn(-c2ccccc2)c(Sc2ccccc2)n1. The highest BCUT2D eigenvalue weighted by Gasteiger charge is 2.10. The van der Waals surface area contributed by atoms with Gasteiger partial charge in [-0.05, 0) is 31.3 Å². The van der Waals surface area contributed by atoms with Crippen LogP contribution in [-0.2, 0) is 6.54 Å². The van der Waals surface area contributed by atoms with Gasteiger partial charge in [-0.1, -0.05) is 48.2 Å². The summed E-state index contributed by atoms with van der Waals surface area (Å²) in [5.41, 5.74) is 2.17. The van der Waals surface area contributed by atoms with Crippen LogP contribution < -0.4 is 5.32 Å². The molecule has 0 aliphatic heterocycles. The van der Waals surface area contributed by atoms with Crippen molar-refractivity contribution in [1.82, 2.24) is 14.9 Å². The molecular weight excluding hydrogens is 278 g/mol. The van der Waals surface area contributed by atoms with Gasteiger partial charge in [0, 0.05) is 23.3 Å². The fourth-order valence-corrected chi connectivity index (χ4v) is 3.04. The van der Waals surface area contributed by atoms with E-state index in [-0.39, 0.29) is 0 Å². The predicted molar refractivity (Wildman–Crippen MR) is 86.9 cm³/mol. The molecule has 1 aromatic heterocycles. The number of benzene rings is 2. The Morgan fingerprint density at radius 1 is 1.00 bits per heavy atom. The Morgan fingerprint density at radius 3 is 2.33 bits per heavy atom. The lowest BCUT2D eigenvalue weighted by Gasteiger charge is -2.06. The van der Waals surface area contributed by atoms with Crippen LogP contribution in [0.5, 0.6) is 0 Å². The minimum atomic E-state index is 0.766. The Kier molecular flexibility index (Phi) is 4.38. The lowest BCUT2D eigenvalue weighted by atomic mass is 10.3. The van der Waals surface area contributed by atoms with Crippen LogP contribution in [0.4, 0.5) is 0 Å². The first-order valence-corrected chi connectivity index (χ1v) is 7.69. The molecule has 3 aromatic rings. The molecule has 0 aliphatic carbocycles. The van der Waals surface area contributed by atoms with E-state index < -0.39 is 0 Å². The second kappa shape index (κ2) is 6.61. The third-order valence-corrected chi connectivity index (χ3v) is 4.05. The summed E-state index contributed by atoms with van der Waals surface area (Å²) in [6.45, 7) is 0.766. The molecule has 0 saturated carbocycles. The number of nitrogens with one attached hydrogen (secondary N) is 1. The van der Waals surface area contributed by atoms with Crippen LogP contribution in [0.2, 0.25) is 0 Å². The van der Waals surface area contributed by atoms with Crippen molar-refractivity contribution < 1.29 is 0 Å². The van der Waals surface area contributed by atoms with Crippen molar-refractivity contribution in [3.05, 3.63) is 72.6 Å². The zero-order valence-corrected chi connectivity index (χ0v) is 12.7. The van der Waals surface area contributed by atoms with E-state index in [2.05, 4.69) is 40.3 Å². The van der Waals surface area contributed by atoms with Gasteiger partial charge in [0.05, 0.1) is 5.69 Å². The van der Waals surface area contributed by atoms with Crippen molar-refractivity contribution >= 4 is 11.8 Å². The van der Waals surface area contributed by atoms with Crippen molar-refractivity contribution in [2.45, 2.75) is 16.6 Å². The molecule has 0 atom stereocenters. The summed E-state index contributed by atoms with van der Waals surface area (Å²) in [5.74, 6) is 0. The molecule has 0 aliphatic rings. The summed E-state index contributed by atoms with van der Waals surface area (Å²) in [6, 6.07) is 20.6. The Morgan fingerprint density at radius 2 is 1.67 bits per heavy atom. The minimum absolute atomic E-state index is 0.766. The second-order valence-corrected chi connectivity index (χ2v) is 5.71. The van der Waals surface area contributed by atoms with Gasteiger partial charge in [0.25, 0.3) is 0 Å². The number of hydrogen-bond acceptors (Lipinski definition) is 3. The monoisotopic (exact) mass is 295 g/mol. The van der Waals surface area contributed by atoms with Gasteiger partial charge in [-0.2, -0.15) is 0 Å². The highest BCUT2D eigenvalue weighted by atomic mass is 32.2. The largest absolute Gasteiger partial charge is 0.314 e. The molecule has 0 amide bonds. The van der Waals surface area contributed by atoms with Crippen LogP contribution in [0.25, 0.3) is 5.69 Å². The highest BCUT2D eigenvalue weighted by molar-refractivity contribution is 7.99. The Labute approximate surface area is 129 Å². The summed E-state index contributed by atoms with van der Waals surface area (Å²) < 4.78 is 2.14. The zero-order chi connectivity index (χ0) is 14.5. The molecule has 0 fully saturated rings. The second-order valence-electron chi connectivity index (χ2n) is 4.67. The summed E-state index contributed by atoms with van der Waals surface area (Å²) in [5, 5.41) is 4.14. The van der Waals surface area contributed by atoms with Crippen LogP contribution in [0.3, 0.4) is 0 Å². The van der Waals surface area contributed by atoms with Gasteiger partial charge in [-0.25, -0.2) is 4.98 Å². The zero-order valence-electron chi connectivity index (χ0n) is 11.9. The van der Waals surface area contributed by atoms with Crippen molar-refractivity contribution in [2.24, 2.45) is 0 Å². The fraction of sp³-hybridized carbons (Fsp3) is 0.118. The first-order valence-electron chi connectivity index (χ1n) is 6.88. The smallest absolute Gasteiger partial charge is 0.177 e. The van der Waals surface area contributed by atoms with Gasteiger partial charge in [0.15, 0.2) is 5.16 Å². The van der Waals surface area contributed by atoms with Gasteiger partial charge in [0.2, 0.25) is 0 Å². The standard InChI is InChI=1S/C17H17N3S/c1-18-12-14-13-20(15-8-4-2-5-9-15)17(19-14)21-16-10-6-3-7-11-16/h2-11,13,18H,12H2,1H3. The number of hydrogen-bond donors (Lipinski definition) is 1. The molecule has 0 unspecified atom stereocenters. The molecule has 1 N–H and O–H groups in total. The van der Waals surface area contributed by atoms with Gasteiger partial charge in [0.1, 0.15) is 0 Å². The normalized spacial score (nSPS) is 10.7. The number of aromatic nitrogens is 2. The van der Waals surface area contributed by atoms with Gasteiger partial charge in [-0.3, -0.25) is 4.57 Å². The molecule has 3 nitrogen and oxygen atoms in total. The number of nitrogens with zero attached hydrogens (tertiary/aromatic N) is 2. The molecule has 0 bridgehead atoms. The quantitative estimate of drug-likeness (QED) is 0.777. The number of rotatable bonds is 5. The van der Waals surface area contributed by atoms with Crippen molar-refractivity contribution in [2.75, 3.05) is 7.05 Å². The molecule has 4 heteroatoms. The maximum Gasteiger partial charge on any atom is 0.177 e. The molecule has 106 valence electrons. The topological polar surface area (TPSA) is 29.9 Å². The van der Waals surface area contributed by atoms with Gasteiger partial charge < -0.3 is 5.32 Å². The average molecular weight is 295 g/mol. The number of imidazole rings is 1. The van der Waals surface area contributed by atoms with E-state index in [1.807, 2.05) is 43.4 Å². The molecule has 3 rings (SSSR count). The van der Waals surface area contributed by atoms with Crippen LogP contribution in [0.15, 0.2) is 76.9 Å². The highest BCUT2D eigenvalue weighted by Crippen LogP contribution is 2.28. The minimum Gasteiger partial charge on any atom is -0.314 e. The van der Waals surface area contributed by atoms with Crippen LogP contribution in [-0.4, -0.2) is 16.6 Å². The van der Waals surface area contributed by atoms with Crippen molar-refractivity contribution in [3.63, 3.8) is 0 Å². The Balaban J connectivity index is 1.98. The Hall–Kier alpha value is -2.04. The van der Waals surface area contributed by atoms with E-state index in [0.29, 0.717) is 0 Å². The van der Waals surface area contributed by atoms with Crippen LogP contribution in [0.1, 0.15) is 5.69 Å². The van der Waals surface area contributed by atoms with E-state index in [4.69, 9.17) is 4.98 Å². The predicted octanol–water partition coefficient (Wildman–Crippen LogP) is 3.74. The molecule has 2 aromatic carbocycles. The molecule has 0 saturated heterocycles. The molecule has 0 spiro atoms. The van der Waals surface area contributed by atoms with Crippen molar-refractivity contribution in [1.29, 1.82) is 0 Å². The van der Waals surface area contributed by atoms with E-state index in [9.17, 15) is 0 Å². The Bertz CT molecular complexity index is 693. The van der Waals surface area contributed by atoms with E-state index in [0.717, 1.165) is 23.1 Å². The first kappa shape index (κ1) is 13.9. The van der Waals surface area contributed by atoms with Crippen LogP contribution in [0, 0.1) is 0 Å². The molecule has 21 heavy (non-hydrogen) atoms. The first-order chi connectivity index (χ1) is 10.4. The maximum atomic E-state index is 4.74. The lowest BCUT2D eigenvalue weighted by molar-refractivity contribution is 0.790. The summed E-state index contributed by atoms with van der Waals surface area (Å²) in [4.78, 5) is 5.93. The van der Waals surface area contributed by atoms with Crippen LogP contribution >= 0.6 is 11.8 Å². The lowest BCUT2D eigenvalue weighted by Crippen LogP contribution is -2.04.